The van der Waals surface area contributed by atoms with Crippen molar-refractivity contribution in [1.29, 1.82) is 0 Å². The number of benzene rings is 1. The molecule has 0 spiro atoms. The maximum atomic E-state index is 11.6. The second kappa shape index (κ2) is 6.70. The lowest BCUT2D eigenvalue weighted by atomic mass is 10.0. The number of carbonyl (C=O) groups is 1. The number of anilines is 2. The molecule has 1 aliphatic heterocycles. The number of halogens is 1. The summed E-state index contributed by atoms with van der Waals surface area (Å²) in [6, 6.07) is 5.75. The average molecular weight is 298 g/mol. The van der Waals surface area contributed by atoms with Crippen LogP contribution in [-0.4, -0.2) is 36.7 Å². The minimum atomic E-state index is -0.225. The molecule has 1 aromatic carbocycles. The molecule has 5 nitrogen and oxygen atoms in total. The second-order valence-corrected chi connectivity index (χ2v) is 5.25. The molecule has 1 amide bonds. The van der Waals surface area contributed by atoms with Gasteiger partial charge in [-0.15, -0.1) is 0 Å². The average Bonchev–Trinajstić information content (AvgIpc) is 2.43. The molecule has 6 heteroatoms. The molecular weight excluding hydrogens is 278 g/mol. The Morgan fingerprint density at radius 1 is 1.50 bits per heavy atom. The van der Waals surface area contributed by atoms with Gasteiger partial charge in [-0.1, -0.05) is 11.6 Å². The van der Waals surface area contributed by atoms with Gasteiger partial charge in [0.25, 0.3) is 0 Å². The van der Waals surface area contributed by atoms with Crippen LogP contribution in [0.3, 0.4) is 0 Å². The van der Waals surface area contributed by atoms with Crippen LogP contribution in [0.5, 0.6) is 0 Å². The van der Waals surface area contributed by atoms with E-state index < -0.39 is 0 Å². The molecule has 0 saturated carbocycles. The smallest absolute Gasteiger partial charge is 0.409 e. The molecule has 0 bridgehead atoms. The number of carbonyl (C=O) groups excluding carboxylic acids is 1. The van der Waals surface area contributed by atoms with Crippen molar-refractivity contribution in [2.75, 3.05) is 30.7 Å². The van der Waals surface area contributed by atoms with E-state index in [9.17, 15) is 4.79 Å². The first-order valence-corrected chi connectivity index (χ1v) is 7.21. The van der Waals surface area contributed by atoms with Crippen LogP contribution in [0.1, 0.15) is 19.8 Å². The zero-order chi connectivity index (χ0) is 14.5. The molecular formula is C14H20ClN3O2. The monoisotopic (exact) mass is 297 g/mol. The van der Waals surface area contributed by atoms with Crippen molar-refractivity contribution >= 4 is 29.1 Å². The SMILES string of the molecule is CCOC(=O)N1CCC(Nc2ccc(N)cc2Cl)CC1. The van der Waals surface area contributed by atoms with E-state index in [-0.39, 0.29) is 6.09 Å². The molecule has 20 heavy (non-hydrogen) atoms. The summed E-state index contributed by atoms with van der Waals surface area (Å²) in [6.07, 6.45) is 1.52. The maximum Gasteiger partial charge on any atom is 0.409 e. The van der Waals surface area contributed by atoms with Gasteiger partial charge < -0.3 is 20.7 Å². The Balaban J connectivity index is 1.86. The van der Waals surface area contributed by atoms with Crippen molar-refractivity contribution in [2.24, 2.45) is 0 Å². The molecule has 110 valence electrons. The van der Waals surface area contributed by atoms with Gasteiger partial charge in [0, 0.05) is 24.8 Å². The largest absolute Gasteiger partial charge is 0.450 e. The van der Waals surface area contributed by atoms with Crippen LogP contribution in [-0.2, 0) is 4.74 Å². The first-order valence-electron chi connectivity index (χ1n) is 6.83. The highest BCUT2D eigenvalue weighted by Crippen LogP contribution is 2.26. The summed E-state index contributed by atoms with van der Waals surface area (Å²) >= 11 is 6.14. The van der Waals surface area contributed by atoms with Gasteiger partial charge in [-0.3, -0.25) is 0 Å². The van der Waals surface area contributed by atoms with Crippen LogP contribution in [0.15, 0.2) is 18.2 Å². The lowest BCUT2D eigenvalue weighted by Gasteiger charge is -2.32. The fourth-order valence-electron chi connectivity index (χ4n) is 2.29. The number of nitrogens with one attached hydrogen (secondary N) is 1. The molecule has 1 fully saturated rings. The zero-order valence-corrected chi connectivity index (χ0v) is 12.3. The number of nitrogens with zero attached hydrogens (tertiary/aromatic N) is 1. The number of nitrogen functional groups attached to an aromatic ring is 1. The van der Waals surface area contributed by atoms with Crippen LogP contribution in [0.4, 0.5) is 16.2 Å². The number of ether oxygens (including phenoxy) is 1. The van der Waals surface area contributed by atoms with E-state index in [0.717, 1.165) is 18.5 Å². The van der Waals surface area contributed by atoms with Gasteiger partial charge in [0.15, 0.2) is 0 Å². The number of likely N-dealkylation sites (tertiary alicyclic amines) is 1. The normalized spacial score (nSPS) is 16.0. The summed E-state index contributed by atoms with van der Waals surface area (Å²) in [5, 5.41) is 4.02. The Hall–Kier alpha value is -1.62. The first-order chi connectivity index (χ1) is 9.60. The van der Waals surface area contributed by atoms with Crippen LogP contribution in [0, 0.1) is 0 Å². The standard InChI is InChI=1S/C14H20ClN3O2/c1-2-20-14(19)18-7-5-11(6-8-18)17-13-4-3-10(16)9-12(13)15/h3-4,9,11,17H,2,5-8,16H2,1H3. The van der Waals surface area contributed by atoms with E-state index in [1.165, 1.54) is 0 Å². The van der Waals surface area contributed by atoms with E-state index in [4.69, 9.17) is 22.1 Å². The second-order valence-electron chi connectivity index (χ2n) is 4.84. The maximum absolute atomic E-state index is 11.6. The van der Waals surface area contributed by atoms with Gasteiger partial charge in [0.05, 0.1) is 17.3 Å². The Morgan fingerprint density at radius 3 is 2.80 bits per heavy atom. The van der Waals surface area contributed by atoms with Crippen molar-refractivity contribution in [2.45, 2.75) is 25.8 Å². The molecule has 0 aromatic heterocycles. The molecule has 0 atom stereocenters. The summed E-state index contributed by atoms with van der Waals surface area (Å²) in [4.78, 5) is 13.3. The van der Waals surface area contributed by atoms with Crippen molar-refractivity contribution in [3.8, 4) is 0 Å². The van der Waals surface area contributed by atoms with Gasteiger partial charge in [-0.2, -0.15) is 0 Å². The highest BCUT2D eigenvalue weighted by atomic mass is 35.5. The minimum Gasteiger partial charge on any atom is -0.450 e. The zero-order valence-electron chi connectivity index (χ0n) is 11.6. The number of amides is 1. The van der Waals surface area contributed by atoms with Crippen molar-refractivity contribution in [1.82, 2.24) is 4.90 Å². The van der Waals surface area contributed by atoms with Crippen LogP contribution in [0.2, 0.25) is 5.02 Å². The summed E-state index contributed by atoms with van der Waals surface area (Å²) in [6.45, 7) is 3.62. The minimum absolute atomic E-state index is 0.225. The molecule has 0 unspecified atom stereocenters. The molecule has 2 rings (SSSR count). The third kappa shape index (κ3) is 3.70. The number of hydrogen-bond acceptors (Lipinski definition) is 4. The summed E-state index contributed by atoms with van der Waals surface area (Å²) in [7, 11) is 0. The Bertz CT molecular complexity index is 473. The third-order valence-corrected chi connectivity index (χ3v) is 3.69. The fourth-order valence-corrected chi connectivity index (χ4v) is 2.53. The van der Waals surface area contributed by atoms with Gasteiger partial charge >= 0.3 is 6.09 Å². The Kier molecular flexibility index (Phi) is 4.95. The predicted octanol–water partition coefficient (Wildman–Crippen LogP) is 2.96. The van der Waals surface area contributed by atoms with Gasteiger partial charge in [-0.25, -0.2) is 4.79 Å². The number of rotatable bonds is 3. The van der Waals surface area contributed by atoms with E-state index in [2.05, 4.69) is 5.32 Å². The van der Waals surface area contributed by atoms with E-state index in [0.29, 0.717) is 36.4 Å². The van der Waals surface area contributed by atoms with Gasteiger partial charge in [0.1, 0.15) is 0 Å². The lowest BCUT2D eigenvalue weighted by molar-refractivity contribution is 0.0983. The highest BCUT2D eigenvalue weighted by molar-refractivity contribution is 6.33. The van der Waals surface area contributed by atoms with E-state index in [1.54, 1.807) is 11.0 Å². The van der Waals surface area contributed by atoms with Gasteiger partial charge in [0.2, 0.25) is 0 Å². The number of piperidine rings is 1. The topological polar surface area (TPSA) is 67.6 Å². The highest BCUT2D eigenvalue weighted by Gasteiger charge is 2.23. The van der Waals surface area contributed by atoms with Crippen molar-refractivity contribution < 1.29 is 9.53 Å². The summed E-state index contributed by atoms with van der Waals surface area (Å²) in [5.74, 6) is 0. The molecule has 1 saturated heterocycles. The van der Waals surface area contributed by atoms with Crippen LogP contribution >= 0.6 is 11.6 Å². The first kappa shape index (κ1) is 14.8. The quantitative estimate of drug-likeness (QED) is 0.842. The molecule has 3 N–H and O–H groups in total. The van der Waals surface area contributed by atoms with Crippen molar-refractivity contribution in [3.63, 3.8) is 0 Å². The summed E-state index contributed by atoms with van der Waals surface area (Å²) in [5.41, 5.74) is 7.21. The van der Waals surface area contributed by atoms with Gasteiger partial charge in [-0.05, 0) is 38.0 Å². The molecule has 1 heterocycles. The van der Waals surface area contributed by atoms with E-state index >= 15 is 0 Å². The fraction of sp³-hybridized carbons (Fsp3) is 0.500. The molecule has 1 aromatic rings. The molecule has 1 aliphatic rings. The van der Waals surface area contributed by atoms with Crippen LogP contribution < -0.4 is 11.1 Å². The Labute approximate surface area is 124 Å². The third-order valence-electron chi connectivity index (χ3n) is 3.37. The van der Waals surface area contributed by atoms with E-state index in [1.807, 2.05) is 19.1 Å². The molecule has 0 radical (unpaired) electrons. The summed E-state index contributed by atoms with van der Waals surface area (Å²) < 4.78 is 5.00. The predicted molar refractivity (Wildman–Crippen MR) is 81.1 cm³/mol. The number of hydrogen-bond donors (Lipinski definition) is 2. The number of nitrogens with two attached hydrogens (primary N) is 1. The Morgan fingerprint density at radius 2 is 2.20 bits per heavy atom. The molecule has 0 aliphatic carbocycles. The van der Waals surface area contributed by atoms with Crippen LogP contribution in [0.25, 0.3) is 0 Å². The van der Waals surface area contributed by atoms with Crippen molar-refractivity contribution in [3.05, 3.63) is 23.2 Å². The lowest BCUT2D eigenvalue weighted by Crippen LogP contribution is -2.42.